The lowest BCUT2D eigenvalue weighted by molar-refractivity contribution is 0.0586. The maximum Gasteiger partial charge on any atom is 0.354 e. The minimum Gasteiger partial charge on any atom is -0.467 e. The Balaban J connectivity index is 1.71. The number of aromatic nitrogens is 1. The Morgan fingerprint density at radius 2 is 1.88 bits per heavy atom. The smallest absolute Gasteiger partial charge is 0.354 e. The second kappa shape index (κ2) is 9.09. The van der Waals surface area contributed by atoms with Crippen LogP contribution in [0.5, 0.6) is 11.5 Å². The second-order valence-corrected chi connectivity index (χ2v) is 8.11. The van der Waals surface area contributed by atoms with Crippen LogP contribution in [0.15, 0.2) is 41.0 Å². The Bertz CT molecular complexity index is 1260. The first-order valence-electron chi connectivity index (χ1n) is 10.8. The van der Waals surface area contributed by atoms with Gasteiger partial charge in [0.1, 0.15) is 11.5 Å². The molecule has 0 radical (unpaired) electrons. The number of ether oxygens (including phenoxy) is 3. The number of benzene rings is 1. The molecule has 1 aromatic carbocycles. The van der Waals surface area contributed by atoms with E-state index in [9.17, 15) is 14.4 Å². The largest absolute Gasteiger partial charge is 0.467 e. The van der Waals surface area contributed by atoms with Gasteiger partial charge in [-0.05, 0) is 56.7 Å². The molecule has 178 valence electrons. The minimum absolute atomic E-state index is 0.0853. The van der Waals surface area contributed by atoms with E-state index in [4.69, 9.17) is 18.6 Å². The lowest BCUT2D eigenvalue weighted by Gasteiger charge is -2.28. The van der Waals surface area contributed by atoms with Gasteiger partial charge in [0.2, 0.25) is 6.79 Å². The number of Topliss-reactive ketones (excluding diaryl/α,β-unsaturated/α-hetero) is 1. The molecule has 1 aliphatic rings. The van der Waals surface area contributed by atoms with Gasteiger partial charge in [0.05, 0.1) is 26.0 Å². The number of amides is 1. The van der Waals surface area contributed by atoms with E-state index in [1.54, 1.807) is 62.7 Å². The van der Waals surface area contributed by atoms with Crippen LogP contribution in [0.4, 0.5) is 0 Å². The number of hydrogen-bond acceptors (Lipinski definition) is 7. The molecule has 2 aromatic heterocycles. The van der Waals surface area contributed by atoms with Crippen molar-refractivity contribution in [3.8, 4) is 11.5 Å². The third-order valence-electron chi connectivity index (χ3n) is 6.19. The molecule has 1 aliphatic heterocycles. The van der Waals surface area contributed by atoms with Crippen LogP contribution in [0.3, 0.4) is 0 Å². The average molecular weight is 466 g/mol. The molecular formula is C25H26N2O7. The van der Waals surface area contributed by atoms with Gasteiger partial charge in [0.25, 0.3) is 5.91 Å². The molecule has 0 fully saturated rings. The highest BCUT2D eigenvalue weighted by molar-refractivity contribution is 6.07. The fourth-order valence-electron chi connectivity index (χ4n) is 4.23. The zero-order valence-corrected chi connectivity index (χ0v) is 19.7. The molecule has 0 saturated carbocycles. The Morgan fingerprint density at radius 3 is 2.56 bits per heavy atom. The summed E-state index contributed by atoms with van der Waals surface area (Å²) >= 11 is 0. The summed E-state index contributed by atoms with van der Waals surface area (Å²) in [5.74, 6) is 0.380. The molecule has 0 bridgehead atoms. The molecule has 4 rings (SSSR count). The summed E-state index contributed by atoms with van der Waals surface area (Å²) in [5.41, 5.74) is 2.17. The van der Waals surface area contributed by atoms with Crippen molar-refractivity contribution in [2.75, 3.05) is 13.9 Å². The van der Waals surface area contributed by atoms with E-state index in [-0.39, 0.29) is 25.0 Å². The van der Waals surface area contributed by atoms with Crippen molar-refractivity contribution in [2.45, 2.75) is 33.4 Å². The van der Waals surface area contributed by atoms with Crippen LogP contribution >= 0.6 is 0 Å². The summed E-state index contributed by atoms with van der Waals surface area (Å²) < 4.78 is 22.7. The van der Waals surface area contributed by atoms with Gasteiger partial charge in [0.15, 0.2) is 17.3 Å². The Labute approximate surface area is 196 Å². The highest BCUT2D eigenvalue weighted by atomic mass is 16.7. The molecule has 3 aromatic rings. The number of hydrogen-bond donors (Lipinski definition) is 0. The van der Waals surface area contributed by atoms with Crippen LogP contribution in [0.1, 0.15) is 55.1 Å². The van der Waals surface area contributed by atoms with Gasteiger partial charge >= 0.3 is 5.97 Å². The van der Waals surface area contributed by atoms with Crippen molar-refractivity contribution in [3.63, 3.8) is 0 Å². The van der Waals surface area contributed by atoms with Gasteiger partial charge < -0.3 is 28.1 Å². The number of nitrogens with zero attached hydrogens (tertiary/aromatic N) is 2. The van der Waals surface area contributed by atoms with E-state index in [0.717, 1.165) is 0 Å². The van der Waals surface area contributed by atoms with E-state index < -0.39 is 12.0 Å². The summed E-state index contributed by atoms with van der Waals surface area (Å²) in [6.07, 6.45) is 1.51. The average Bonchev–Trinajstić information content (AvgIpc) is 3.56. The minimum atomic E-state index is -0.853. The van der Waals surface area contributed by atoms with Crippen molar-refractivity contribution in [1.82, 2.24) is 9.47 Å². The molecule has 1 amide bonds. The summed E-state index contributed by atoms with van der Waals surface area (Å²) in [6, 6.07) is 7.52. The van der Waals surface area contributed by atoms with Crippen LogP contribution in [0.25, 0.3) is 0 Å². The Kier molecular flexibility index (Phi) is 6.19. The van der Waals surface area contributed by atoms with Gasteiger partial charge in [0, 0.05) is 23.9 Å². The van der Waals surface area contributed by atoms with Crippen molar-refractivity contribution >= 4 is 17.7 Å². The highest BCUT2D eigenvalue weighted by Crippen LogP contribution is 2.33. The van der Waals surface area contributed by atoms with Crippen LogP contribution in [-0.4, -0.2) is 47.1 Å². The van der Waals surface area contributed by atoms with Crippen molar-refractivity contribution in [3.05, 3.63) is 70.4 Å². The molecule has 0 spiro atoms. The first kappa shape index (κ1) is 23.2. The molecule has 0 N–H and O–H groups in total. The van der Waals surface area contributed by atoms with E-state index in [0.29, 0.717) is 45.3 Å². The SMILES string of the molecule is COC(=O)c1c(C)c(C(=O)[C@H](C)N(Cc2ccco2)C(=O)c2ccc3c(c2)OCO3)c(C)n1C. The lowest BCUT2D eigenvalue weighted by Crippen LogP contribution is -2.43. The number of fused-ring (bicyclic) bond motifs is 1. The fraction of sp³-hybridized carbons (Fsp3) is 0.320. The number of carbonyl (C=O) groups is 3. The zero-order chi connectivity index (χ0) is 24.6. The molecule has 9 nitrogen and oxygen atoms in total. The van der Waals surface area contributed by atoms with Gasteiger partial charge in [-0.25, -0.2) is 4.79 Å². The Morgan fingerprint density at radius 1 is 1.15 bits per heavy atom. The highest BCUT2D eigenvalue weighted by Gasteiger charge is 2.33. The van der Waals surface area contributed by atoms with E-state index in [2.05, 4.69) is 0 Å². The summed E-state index contributed by atoms with van der Waals surface area (Å²) in [4.78, 5) is 41.1. The third kappa shape index (κ3) is 3.93. The molecule has 0 aliphatic carbocycles. The summed E-state index contributed by atoms with van der Waals surface area (Å²) in [7, 11) is 3.00. The second-order valence-electron chi connectivity index (χ2n) is 8.11. The molecule has 0 saturated heterocycles. The molecule has 9 heteroatoms. The molecule has 0 unspecified atom stereocenters. The predicted molar refractivity (Wildman–Crippen MR) is 121 cm³/mol. The standard InChI is InChI=1S/C25H26N2O7/c1-14-21(15(2)26(4)22(14)25(30)31-5)23(28)16(3)27(12-18-7-6-10-32-18)24(29)17-8-9-19-20(11-17)34-13-33-19/h6-11,16H,12-13H2,1-5H3/t16-/m0/s1. The number of rotatable bonds is 7. The van der Waals surface area contributed by atoms with Crippen LogP contribution in [0, 0.1) is 13.8 Å². The van der Waals surface area contributed by atoms with Gasteiger partial charge in [-0.2, -0.15) is 0 Å². The van der Waals surface area contributed by atoms with Gasteiger partial charge in [-0.3, -0.25) is 9.59 Å². The summed E-state index contributed by atoms with van der Waals surface area (Å²) in [5, 5.41) is 0. The van der Waals surface area contributed by atoms with E-state index in [1.807, 2.05) is 0 Å². The van der Waals surface area contributed by atoms with Gasteiger partial charge in [-0.1, -0.05) is 0 Å². The van der Waals surface area contributed by atoms with Crippen LogP contribution in [0.2, 0.25) is 0 Å². The van der Waals surface area contributed by atoms with Gasteiger partial charge in [-0.15, -0.1) is 0 Å². The quantitative estimate of drug-likeness (QED) is 0.387. The van der Waals surface area contributed by atoms with E-state index >= 15 is 0 Å². The van der Waals surface area contributed by atoms with E-state index in [1.165, 1.54) is 18.3 Å². The number of furan rings is 1. The van der Waals surface area contributed by atoms with Crippen LogP contribution < -0.4 is 9.47 Å². The molecule has 1 atom stereocenters. The zero-order valence-electron chi connectivity index (χ0n) is 19.7. The van der Waals surface area contributed by atoms with Crippen molar-refractivity contribution < 1.29 is 33.0 Å². The first-order valence-corrected chi connectivity index (χ1v) is 10.8. The predicted octanol–water partition coefficient (Wildman–Crippen LogP) is 3.66. The first-order chi connectivity index (χ1) is 16.2. The monoisotopic (exact) mass is 466 g/mol. The fourth-order valence-corrected chi connectivity index (χ4v) is 4.23. The van der Waals surface area contributed by atoms with Crippen molar-refractivity contribution in [1.29, 1.82) is 0 Å². The molecule has 34 heavy (non-hydrogen) atoms. The van der Waals surface area contributed by atoms with Crippen molar-refractivity contribution in [2.24, 2.45) is 7.05 Å². The Hall–Kier alpha value is -4.01. The lowest BCUT2D eigenvalue weighted by atomic mass is 9.99. The number of esters is 1. The maximum atomic E-state index is 13.7. The topological polar surface area (TPSA) is 100 Å². The number of methoxy groups -OCH3 is 1. The number of ketones is 1. The summed E-state index contributed by atoms with van der Waals surface area (Å²) in [6.45, 7) is 5.31. The maximum absolute atomic E-state index is 13.7. The number of carbonyl (C=O) groups excluding carboxylic acids is 3. The normalized spacial score (nSPS) is 13.0. The molecular weight excluding hydrogens is 440 g/mol. The third-order valence-corrected chi connectivity index (χ3v) is 6.19. The van der Waals surface area contributed by atoms with Crippen LogP contribution in [-0.2, 0) is 18.3 Å². The molecule has 3 heterocycles.